The Bertz CT molecular complexity index is 604. The summed E-state index contributed by atoms with van der Waals surface area (Å²) in [6.45, 7) is 1.30. The third-order valence-corrected chi connectivity index (χ3v) is 4.41. The largest absolute Gasteiger partial charge is 0.497 e. The number of methoxy groups -OCH3 is 1. The van der Waals surface area contributed by atoms with E-state index in [1.54, 1.807) is 19.2 Å². The maximum atomic E-state index is 10.1. The fourth-order valence-corrected chi connectivity index (χ4v) is 2.80. The van der Waals surface area contributed by atoms with Gasteiger partial charge in [0.15, 0.2) is 0 Å². The second kappa shape index (κ2) is 8.53. The van der Waals surface area contributed by atoms with Gasteiger partial charge >= 0.3 is 0 Å². The van der Waals surface area contributed by atoms with E-state index in [1.165, 1.54) is 5.56 Å². The first-order valence-corrected chi connectivity index (χ1v) is 8.24. The van der Waals surface area contributed by atoms with Crippen molar-refractivity contribution in [2.24, 2.45) is 0 Å². The molecule has 0 amide bonds. The zero-order valence-electron chi connectivity index (χ0n) is 12.4. The first kappa shape index (κ1) is 17.3. The number of hydrogen-bond acceptors (Lipinski definition) is 3. The third-order valence-electron chi connectivity index (χ3n) is 3.42. The Hall–Kier alpha value is -1.07. The van der Waals surface area contributed by atoms with Crippen LogP contribution >= 0.6 is 27.5 Å². The van der Waals surface area contributed by atoms with Crippen LogP contribution in [0.4, 0.5) is 0 Å². The van der Waals surface area contributed by atoms with Crippen LogP contribution in [-0.4, -0.2) is 25.3 Å². The van der Waals surface area contributed by atoms with Crippen LogP contribution < -0.4 is 10.1 Å². The minimum absolute atomic E-state index is 0.509. The van der Waals surface area contributed by atoms with E-state index in [1.807, 2.05) is 30.3 Å². The molecule has 5 heteroatoms. The van der Waals surface area contributed by atoms with E-state index in [4.69, 9.17) is 16.3 Å². The molecule has 0 saturated carbocycles. The van der Waals surface area contributed by atoms with E-state index in [9.17, 15) is 5.11 Å². The number of rotatable bonds is 7. The highest BCUT2D eigenvalue weighted by molar-refractivity contribution is 9.10. The summed E-state index contributed by atoms with van der Waals surface area (Å²) in [5.74, 6) is 0.835. The highest BCUT2D eigenvalue weighted by atomic mass is 79.9. The molecule has 0 bridgehead atoms. The van der Waals surface area contributed by atoms with Gasteiger partial charge in [0.2, 0.25) is 0 Å². The Morgan fingerprint density at radius 3 is 2.59 bits per heavy atom. The summed E-state index contributed by atoms with van der Waals surface area (Å²) in [6.07, 6.45) is 0.342. The van der Waals surface area contributed by atoms with Crippen molar-refractivity contribution < 1.29 is 9.84 Å². The molecule has 2 aromatic rings. The van der Waals surface area contributed by atoms with Gasteiger partial charge in [-0.1, -0.05) is 45.7 Å². The molecule has 2 N–H and O–H groups in total. The average molecular weight is 385 g/mol. The van der Waals surface area contributed by atoms with Gasteiger partial charge in [0.1, 0.15) is 5.75 Å². The molecule has 3 nitrogen and oxygen atoms in total. The summed E-state index contributed by atoms with van der Waals surface area (Å²) in [5, 5.41) is 14.0. The van der Waals surface area contributed by atoms with E-state index in [-0.39, 0.29) is 0 Å². The quantitative estimate of drug-likeness (QED) is 0.710. The van der Waals surface area contributed by atoms with Crippen LogP contribution in [-0.2, 0) is 6.42 Å². The average Bonchev–Trinajstić information content (AvgIpc) is 2.53. The number of ether oxygens (including phenoxy) is 1. The normalized spacial score (nSPS) is 12.2. The highest BCUT2D eigenvalue weighted by Crippen LogP contribution is 2.23. The van der Waals surface area contributed by atoms with Crippen molar-refractivity contribution in [1.29, 1.82) is 0 Å². The Balaban J connectivity index is 1.78. The van der Waals surface area contributed by atoms with Gasteiger partial charge in [-0.05, 0) is 48.4 Å². The molecule has 118 valence electrons. The number of nitrogens with one attached hydrogen (secondary N) is 1. The second-order valence-corrected chi connectivity index (χ2v) is 6.27. The SMILES string of the molecule is COc1ccc(CCNCC(O)c2ccc(Cl)cc2)c(Br)c1. The molecule has 2 aromatic carbocycles. The second-order valence-electron chi connectivity index (χ2n) is 4.98. The highest BCUT2D eigenvalue weighted by Gasteiger charge is 2.07. The monoisotopic (exact) mass is 383 g/mol. The molecule has 0 heterocycles. The predicted molar refractivity (Wildman–Crippen MR) is 93.7 cm³/mol. The first-order valence-electron chi connectivity index (χ1n) is 7.07. The lowest BCUT2D eigenvalue weighted by Crippen LogP contribution is -2.23. The van der Waals surface area contributed by atoms with Crippen molar-refractivity contribution in [3.05, 3.63) is 63.1 Å². The van der Waals surface area contributed by atoms with Gasteiger partial charge in [0.25, 0.3) is 0 Å². The lowest BCUT2D eigenvalue weighted by atomic mass is 10.1. The maximum absolute atomic E-state index is 10.1. The van der Waals surface area contributed by atoms with E-state index in [2.05, 4.69) is 21.2 Å². The van der Waals surface area contributed by atoms with Crippen LogP contribution in [0.2, 0.25) is 5.02 Å². The summed E-state index contributed by atoms with van der Waals surface area (Å²) >= 11 is 9.38. The summed E-state index contributed by atoms with van der Waals surface area (Å²) in [6, 6.07) is 13.2. The standard InChI is InChI=1S/C17H19BrClNO2/c1-22-15-7-4-12(16(18)10-15)8-9-20-11-17(21)13-2-5-14(19)6-3-13/h2-7,10,17,20-21H,8-9,11H2,1H3. The molecule has 0 aliphatic heterocycles. The van der Waals surface area contributed by atoms with E-state index in [0.717, 1.165) is 28.8 Å². The lowest BCUT2D eigenvalue weighted by molar-refractivity contribution is 0.175. The van der Waals surface area contributed by atoms with Crippen molar-refractivity contribution in [3.8, 4) is 5.75 Å². The maximum Gasteiger partial charge on any atom is 0.120 e. The molecule has 0 saturated heterocycles. The van der Waals surface area contributed by atoms with E-state index in [0.29, 0.717) is 11.6 Å². The van der Waals surface area contributed by atoms with Crippen molar-refractivity contribution >= 4 is 27.5 Å². The molecule has 0 spiro atoms. The van der Waals surface area contributed by atoms with Crippen molar-refractivity contribution in [2.45, 2.75) is 12.5 Å². The minimum atomic E-state index is -0.531. The van der Waals surface area contributed by atoms with Gasteiger partial charge in [-0.2, -0.15) is 0 Å². The number of hydrogen-bond donors (Lipinski definition) is 2. The van der Waals surface area contributed by atoms with Crippen LogP contribution in [0, 0.1) is 0 Å². The number of benzene rings is 2. The molecule has 0 fully saturated rings. The van der Waals surface area contributed by atoms with Gasteiger partial charge in [-0.3, -0.25) is 0 Å². The Morgan fingerprint density at radius 1 is 1.23 bits per heavy atom. The van der Waals surface area contributed by atoms with Crippen molar-refractivity contribution in [1.82, 2.24) is 5.32 Å². The molecule has 1 unspecified atom stereocenters. The Morgan fingerprint density at radius 2 is 1.95 bits per heavy atom. The van der Waals surface area contributed by atoms with Gasteiger partial charge < -0.3 is 15.2 Å². The van der Waals surface area contributed by atoms with Crippen LogP contribution in [0.1, 0.15) is 17.2 Å². The molecular weight excluding hydrogens is 366 g/mol. The number of aliphatic hydroxyl groups is 1. The molecule has 22 heavy (non-hydrogen) atoms. The van der Waals surface area contributed by atoms with Crippen molar-refractivity contribution in [2.75, 3.05) is 20.2 Å². The van der Waals surface area contributed by atoms with E-state index < -0.39 is 6.10 Å². The smallest absolute Gasteiger partial charge is 0.120 e. The molecule has 0 aromatic heterocycles. The summed E-state index contributed by atoms with van der Waals surface area (Å²) in [5.41, 5.74) is 2.07. The molecule has 2 rings (SSSR count). The fourth-order valence-electron chi connectivity index (χ4n) is 2.12. The zero-order chi connectivity index (χ0) is 15.9. The third kappa shape index (κ3) is 4.99. The number of aliphatic hydroxyl groups excluding tert-OH is 1. The van der Waals surface area contributed by atoms with Crippen LogP contribution in [0.3, 0.4) is 0 Å². The summed E-state index contributed by atoms with van der Waals surface area (Å²) in [4.78, 5) is 0. The van der Waals surface area contributed by atoms with Crippen LogP contribution in [0.15, 0.2) is 46.9 Å². The minimum Gasteiger partial charge on any atom is -0.497 e. The Kier molecular flexibility index (Phi) is 6.70. The molecular formula is C17H19BrClNO2. The lowest BCUT2D eigenvalue weighted by Gasteiger charge is -2.13. The molecule has 0 aliphatic carbocycles. The zero-order valence-corrected chi connectivity index (χ0v) is 14.7. The summed E-state index contributed by atoms with van der Waals surface area (Å²) < 4.78 is 6.21. The van der Waals surface area contributed by atoms with Crippen LogP contribution in [0.25, 0.3) is 0 Å². The number of halogens is 2. The molecule has 1 atom stereocenters. The van der Waals surface area contributed by atoms with E-state index >= 15 is 0 Å². The van der Waals surface area contributed by atoms with Crippen LogP contribution in [0.5, 0.6) is 5.75 Å². The van der Waals surface area contributed by atoms with Crippen molar-refractivity contribution in [3.63, 3.8) is 0 Å². The van der Waals surface area contributed by atoms with Gasteiger partial charge in [-0.25, -0.2) is 0 Å². The van der Waals surface area contributed by atoms with Gasteiger partial charge in [-0.15, -0.1) is 0 Å². The fraction of sp³-hybridized carbons (Fsp3) is 0.294. The van der Waals surface area contributed by atoms with Gasteiger partial charge in [0, 0.05) is 16.0 Å². The Labute approximate surface area is 144 Å². The van der Waals surface area contributed by atoms with Gasteiger partial charge in [0.05, 0.1) is 13.2 Å². The summed E-state index contributed by atoms with van der Waals surface area (Å²) in [7, 11) is 1.65. The topological polar surface area (TPSA) is 41.5 Å². The molecule has 0 aliphatic rings. The first-order chi connectivity index (χ1) is 10.6. The predicted octanol–water partition coefficient (Wildman–Crippen LogP) is 3.98. The molecule has 0 radical (unpaired) electrons.